The molecular formula is C18H25N3O4. The number of hydrogen-bond donors (Lipinski definition) is 1. The van der Waals surface area contributed by atoms with Crippen molar-refractivity contribution >= 4 is 12.0 Å². The standard InChI is InChI=1S/C18H25N3O4/c1-11(2)16(17(23)25-3)19-18(24)20-8-12-7-13(10-20)14-5-4-6-15(22)21(14)9-12/h4-6,11-13,16H,7-10H2,1-3H3,(H,19,24)/t12-,13-,16-/m1/s1. The number of hydrogen-bond acceptors (Lipinski definition) is 4. The maximum atomic E-state index is 12.7. The molecule has 1 N–H and O–H groups in total. The number of aromatic nitrogens is 1. The van der Waals surface area contributed by atoms with Crippen molar-refractivity contribution in [1.29, 1.82) is 0 Å². The van der Waals surface area contributed by atoms with Crippen LogP contribution in [0.4, 0.5) is 4.79 Å². The monoisotopic (exact) mass is 347 g/mol. The molecule has 1 saturated heterocycles. The molecule has 2 aliphatic heterocycles. The van der Waals surface area contributed by atoms with E-state index in [1.165, 1.54) is 7.11 Å². The number of likely N-dealkylation sites (tertiary alicyclic amines) is 1. The summed E-state index contributed by atoms with van der Waals surface area (Å²) >= 11 is 0. The Morgan fingerprint density at radius 1 is 1.24 bits per heavy atom. The van der Waals surface area contributed by atoms with Crippen molar-refractivity contribution in [3.63, 3.8) is 0 Å². The molecule has 0 aromatic carbocycles. The lowest BCUT2D eigenvalue weighted by atomic mass is 9.83. The lowest BCUT2D eigenvalue weighted by molar-refractivity contribution is -0.144. The molecule has 1 fully saturated rings. The van der Waals surface area contributed by atoms with E-state index < -0.39 is 12.0 Å². The van der Waals surface area contributed by atoms with Crippen molar-refractivity contribution in [2.75, 3.05) is 20.2 Å². The number of carbonyl (C=O) groups excluding carboxylic acids is 2. The number of urea groups is 1. The summed E-state index contributed by atoms with van der Waals surface area (Å²) in [5.41, 5.74) is 1.02. The van der Waals surface area contributed by atoms with Crippen molar-refractivity contribution in [3.05, 3.63) is 34.2 Å². The number of rotatable bonds is 3. The van der Waals surface area contributed by atoms with Gasteiger partial charge in [-0.2, -0.15) is 0 Å². The van der Waals surface area contributed by atoms with Gasteiger partial charge in [0, 0.05) is 37.3 Å². The molecule has 0 unspecified atom stereocenters. The third-order valence-electron chi connectivity index (χ3n) is 5.17. The summed E-state index contributed by atoms with van der Waals surface area (Å²) in [6, 6.07) is 4.42. The summed E-state index contributed by atoms with van der Waals surface area (Å²) in [6.07, 6.45) is 0.984. The zero-order chi connectivity index (χ0) is 18.1. The number of nitrogens with one attached hydrogen (secondary N) is 1. The lowest BCUT2D eigenvalue weighted by Gasteiger charge is -2.43. The maximum absolute atomic E-state index is 12.7. The molecule has 3 rings (SSSR count). The van der Waals surface area contributed by atoms with Crippen LogP contribution in [0.3, 0.4) is 0 Å². The molecule has 2 bridgehead atoms. The Morgan fingerprint density at radius 3 is 2.68 bits per heavy atom. The van der Waals surface area contributed by atoms with Gasteiger partial charge in [0.15, 0.2) is 0 Å². The number of esters is 1. The fourth-order valence-electron chi connectivity index (χ4n) is 3.91. The number of amides is 2. The Kier molecular flexibility index (Phi) is 4.83. The topological polar surface area (TPSA) is 80.6 Å². The van der Waals surface area contributed by atoms with Gasteiger partial charge in [-0.15, -0.1) is 0 Å². The molecule has 2 aliphatic rings. The van der Waals surface area contributed by atoms with Gasteiger partial charge in [0.2, 0.25) is 0 Å². The number of carbonyl (C=O) groups is 2. The van der Waals surface area contributed by atoms with Crippen LogP contribution < -0.4 is 10.9 Å². The first-order valence-electron chi connectivity index (χ1n) is 8.73. The highest BCUT2D eigenvalue weighted by Crippen LogP contribution is 2.34. The molecule has 1 aromatic rings. The zero-order valence-corrected chi connectivity index (χ0v) is 14.9. The average Bonchev–Trinajstić information content (AvgIpc) is 2.59. The van der Waals surface area contributed by atoms with Gasteiger partial charge in [-0.05, 0) is 24.3 Å². The fraction of sp³-hybridized carbons (Fsp3) is 0.611. The third kappa shape index (κ3) is 3.41. The summed E-state index contributed by atoms with van der Waals surface area (Å²) in [6.45, 7) is 5.53. The Bertz CT molecular complexity index is 727. The Hall–Kier alpha value is -2.31. The first-order valence-corrected chi connectivity index (χ1v) is 8.73. The van der Waals surface area contributed by atoms with Crippen LogP contribution in [0, 0.1) is 11.8 Å². The smallest absolute Gasteiger partial charge is 0.328 e. The summed E-state index contributed by atoms with van der Waals surface area (Å²) in [5, 5.41) is 2.81. The molecule has 136 valence electrons. The maximum Gasteiger partial charge on any atom is 0.328 e. The quantitative estimate of drug-likeness (QED) is 0.833. The van der Waals surface area contributed by atoms with Crippen molar-refractivity contribution in [2.45, 2.75) is 38.8 Å². The van der Waals surface area contributed by atoms with Gasteiger partial charge in [-0.25, -0.2) is 9.59 Å². The largest absolute Gasteiger partial charge is 0.467 e. The first kappa shape index (κ1) is 17.5. The van der Waals surface area contributed by atoms with E-state index in [1.54, 1.807) is 17.0 Å². The van der Waals surface area contributed by atoms with Gasteiger partial charge in [0.25, 0.3) is 5.56 Å². The summed E-state index contributed by atoms with van der Waals surface area (Å²) < 4.78 is 6.62. The molecule has 2 amide bonds. The van der Waals surface area contributed by atoms with Crippen LogP contribution in [0.2, 0.25) is 0 Å². The van der Waals surface area contributed by atoms with Gasteiger partial charge < -0.3 is 19.5 Å². The van der Waals surface area contributed by atoms with E-state index in [0.717, 1.165) is 12.1 Å². The molecule has 7 nitrogen and oxygen atoms in total. The van der Waals surface area contributed by atoms with Crippen molar-refractivity contribution in [2.24, 2.45) is 11.8 Å². The number of fused-ring (bicyclic) bond motifs is 4. The van der Waals surface area contributed by atoms with E-state index in [9.17, 15) is 14.4 Å². The predicted molar refractivity (Wildman–Crippen MR) is 92.3 cm³/mol. The minimum atomic E-state index is -0.658. The van der Waals surface area contributed by atoms with Gasteiger partial charge in [0.05, 0.1) is 7.11 Å². The van der Waals surface area contributed by atoms with E-state index in [-0.39, 0.29) is 29.3 Å². The number of piperidine rings is 1. The predicted octanol–water partition coefficient (Wildman–Crippen LogP) is 1.17. The molecule has 1 aromatic heterocycles. The molecule has 0 aliphatic carbocycles. The van der Waals surface area contributed by atoms with E-state index in [1.807, 2.05) is 24.5 Å². The second kappa shape index (κ2) is 6.90. The molecule has 0 radical (unpaired) electrons. The summed E-state index contributed by atoms with van der Waals surface area (Å²) in [7, 11) is 1.32. The molecule has 25 heavy (non-hydrogen) atoms. The highest BCUT2D eigenvalue weighted by atomic mass is 16.5. The highest BCUT2D eigenvalue weighted by molar-refractivity contribution is 5.83. The second-order valence-corrected chi connectivity index (χ2v) is 7.30. The average molecular weight is 347 g/mol. The lowest BCUT2D eigenvalue weighted by Crippen LogP contribution is -2.55. The molecular weight excluding hydrogens is 322 g/mol. The van der Waals surface area contributed by atoms with E-state index in [0.29, 0.717) is 19.6 Å². The van der Waals surface area contributed by atoms with E-state index in [2.05, 4.69) is 5.32 Å². The summed E-state index contributed by atoms with van der Waals surface area (Å²) in [5.74, 6) is -0.0760. The van der Waals surface area contributed by atoms with E-state index in [4.69, 9.17) is 4.74 Å². The number of nitrogens with zero attached hydrogens (tertiary/aromatic N) is 2. The van der Waals surface area contributed by atoms with E-state index >= 15 is 0 Å². The van der Waals surface area contributed by atoms with Crippen molar-refractivity contribution < 1.29 is 14.3 Å². The van der Waals surface area contributed by atoms with Crippen LogP contribution in [0.1, 0.15) is 31.9 Å². The van der Waals surface area contributed by atoms with Gasteiger partial charge >= 0.3 is 12.0 Å². The van der Waals surface area contributed by atoms with Crippen LogP contribution in [-0.4, -0.2) is 47.7 Å². The highest BCUT2D eigenvalue weighted by Gasteiger charge is 2.37. The molecule has 7 heteroatoms. The van der Waals surface area contributed by atoms with Crippen LogP contribution >= 0.6 is 0 Å². The Morgan fingerprint density at radius 2 is 2.00 bits per heavy atom. The summed E-state index contributed by atoms with van der Waals surface area (Å²) in [4.78, 5) is 38.4. The molecule has 0 saturated carbocycles. The normalized spacial score (nSPS) is 23.0. The minimum absolute atomic E-state index is 0.0238. The number of methoxy groups -OCH3 is 1. The SMILES string of the molecule is COC(=O)[C@H](NC(=O)N1C[C@H]2C[C@H](C1)c1cccc(=O)n1C2)C(C)C. The Labute approximate surface area is 147 Å². The van der Waals surface area contributed by atoms with Crippen LogP contribution in [0.25, 0.3) is 0 Å². The molecule has 0 spiro atoms. The number of ether oxygens (including phenoxy) is 1. The minimum Gasteiger partial charge on any atom is -0.467 e. The van der Waals surface area contributed by atoms with Crippen LogP contribution in [0.15, 0.2) is 23.0 Å². The number of pyridine rings is 1. The van der Waals surface area contributed by atoms with Crippen LogP contribution in [-0.2, 0) is 16.1 Å². The van der Waals surface area contributed by atoms with Crippen molar-refractivity contribution in [1.82, 2.24) is 14.8 Å². The first-order chi connectivity index (χ1) is 11.9. The van der Waals surface area contributed by atoms with Crippen molar-refractivity contribution in [3.8, 4) is 0 Å². The molecule has 3 heterocycles. The second-order valence-electron chi connectivity index (χ2n) is 7.30. The fourth-order valence-corrected chi connectivity index (χ4v) is 3.91. The zero-order valence-electron chi connectivity index (χ0n) is 14.9. The van der Waals surface area contributed by atoms with Crippen LogP contribution in [0.5, 0.6) is 0 Å². The Balaban J connectivity index is 1.75. The van der Waals surface area contributed by atoms with Gasteiger partial charge in [-0.1, -0.05) is 19.9 Å². The molecule has 3 atom stereocenters. The third-order valence-corrected chi connectivity index (χ3v) is 5.17. The van der Waals surface area contributed by atoms with Gasteiger partial charge in [-0.3, -0.25) is 4.79 Å². The van der Waals surface area contributed by atoms with Gasteiger partial charge in [0.1, 0.15) is 6.04 Å².